The Kier molecular flexibility index (Phi) is 11.9. The summed E-state index contributed by atoms with van der Waals surface area (Å²) in [6.45, 7) is 16.8. The summed E-state index contributed by atoms with van der Waals surface area (Å²) in [5, 5.41) is 2.55. The van der Waals surface area contributed by atoms with Crippen molar-refractivity contribution in [1.29, 1.82) is 0 Å². The first kappa shape index (κ1) is 38.1. The standard InChI is InChI=1S/C54H46.C2H6/c1-5-39(27-26-38(4)40(6-2)32-43-19-8-7-16-37(43)3)46-29-31-49-36-50(35-46)54(48-30-28-42-18-10-12-21-45(42)34-48)52-25-14-13-24-51(52)53(49)47-23-15-22-41-17-9-11-20-44(41)33-47;1-2/h5-9,11-14,16-17,19-35H,1-2,10,15,18,36H2,3-4H3;1-2H3/b38-26+,39-27+,40-32+;. The van der Waals surface area contributed by atoms with E-state index in [1.54, 1.807) is 0 Å². The van der Waals surface area contributed by atoms with Gasteiger partial charge in [-0.3, -0.25) is 0 Å². The number of aryl methyl sites for hydroxylation is 2. The van der Waals surface area contributed by atoms with Gasteiger partial charge in [-0.1, -0.05) is 179 Å². The number of fused-ring (bicyclic) bond motifs is 5. The van der Waals surface area contributed by atoms with Gasteiger partial charge in [-0.15, -0.1) is 0 Å². The van der Waals surface area contributed by atoms with Gasteiger partial charge in [-0.05, 0) is 157 Å². The topological polar surface area (TPSA) is 0 Å². The molecule has 0 atom stereocenters. The summed E-state index contributed by atoms with van der Waals surface area (Å²) < 4.78 is 0. The molecule has 0 saturated carbocycles. The summed E-state index contributed by atoms with van der Waals surface area (Å²) in [6.07, 6.45) is 33.3. The van der Waals surface area contributed by atoms with Gasteiger partial charge < -0.3 is 0 Å². The van der Waals surface area contributed by atoms with Gasteiger partial charge in [0.05, 0.1) is 0 Å². The molecule has 0 N–H and O–H groups in total. The van der Waals surface area contributed by atoms with Crippen LogP contribution in [0.5, 0.6) is 0 Å². The molecule has 0 nitrogen and oxygen atoms in total. The quantitative estimate of drug-likeness (QED) is 0.159. The molecule has 0 unspecified atom stereocenters. The fourth-order valence-corrected chi connectivity index (χ4v) is 8.17. The SMILES string of the molecule is C=C\C(=C/C=C(C)/C(C=C)=C/c1ccccc1C)C1=CC2=C(c3ccc4c(c3)C=CCC4)c3ccccc3C(C3=CCC=c4ccccc4=C3)=C(C=C1)C2.CC. The number of benzene rings is 4. The van der Waals surface area contributed by atoms with Crippen molar-refractivity contribution < 1.29 is 0 Å². The Hall–Kier alpha value is -6.24. The van der Waals surface area contributed by atoms with Crippen molar-refractivity contribution in [3.05, 3.63) is 247 Å². The fraction of sp³-hybridized carbons (Fsp3) is 0.143. The molecule has 2 bridgehead atoms. The Bertz CT molecular complexity index is 2620. The van der Waals surface area contributed by atoms with E-state index in [0.717, 1.165) is 48.0 Å². The van der Waals surface area contributed by atoms with Crippen molar-refractivity contribution in [2.75, 3.05) is 0 Å². The molecule has 0 radical (unpaired) electrons. The summed E-state index contributed by atoms with van der Waals surface area (Å²) in [6, 6.07) is 33.4. The van der Waals surface area contributed by atoms with Crippen LogP contribution in [-0.2, 0) is 6.42 Å². The molecule has 4 aliphatic carbocycles. The normalized spacial score (nSPS) is 16.2. The molecule has 0 spiro atoms. The van der Waals surface area contributed by atoms with Crippen molar-refractivity contribution in [2.45, 2.75) is 53.4 Å². The van der Waals surface area contributed by atoms with Crippen molar-refractivity contribution in [3.63, 3.8) is 0 Å². The van der Waals surface area contributed by atoms with Crippen molar-refractivity contribution >= 4 is 35.5 Å². The van der Waals surface area contributed by atoms with Gasteiger partial charge in [0.25, 0.3) is 0 Å². The molecule has 0 aliphatic heterocycles. The molecule has 0 saturated heterocycles. The van der Waals surface area contributed by atoms with Gasteiger partial charge in [0, 0.05) is 0 Å². The lowest BCUT2D eigenvalue weighted by Gasteiger charge is -2.19. The third kappa shape index (κ3) is 7.93. The van der Waals surface area contributed by atoms with Gasteiger partial charge >= 0.3 is 0 Å². The van der Waals surface area contributed by atoms with Crippen molar-refractivity contribution in [3.8, 4) is 0 Å². The van der Waals surface area contributed by atoms with E-state index < -0.39 is 0 Å². The van der Waals surface area contributed by atoms with E-state index in [4.69, 9.17) is 0 Å². The van der Waals surface area contributed by atoms with Crippen LogP contribution in [0, 0.1) is 6.92 Å². The molecular weight excluding hydrogens is 673 g/mol. The smallest absolute Gasteiger partial charge is 0.00128 e. The molecule has 56 heavy (non-hydrogen) atoms. The molecule has 0 heterocycles. The molecule has 0 amide bonds. The lowest BCUT2D eigenvalue weighted by Crippen LogP contribution is -2.23. The predicted molar refractivity (Wildman–Crippen MR) is 245 cm³/mol. The number of allylic oxidation sites excluding steroid dienone is 17. The highest BCUT2D eigenvalue weighted by atomic mass is 14.3. The minimum atomic E-state index is 0.821. The lowest BCUT2D eigenvalue weighted by molar-refractivity contribution is 0.985. The van der Waals surface area contributed by atoms with E-state index >= 15 is 0 Å². The Balaban J connectivity index is 0.00000237. The molecule has 276 valence electrons. The first-order valence-corrected chi connectivity index (χ1v) is 20.2. The zero-order valence-corrected chi connectivity index (χ0v) is 33.4. The third-order valence-corrected chi connectivity index (χ3v) is 11.1. The average Bonchev–Trinajstić information content (AvgIpc) is 3.64. The van der Waals surface area contributed by atoms with Gasteiger partial charge in [0.1, 0.15) is 0 Å². The summed E-state index contributed by atoms with van der Waals surface area (Å²) in [4.78, 5) is 0. The van der Waals surface area contributed by atoms with Crippen LogP contribution in [0.3, 0.4) is 0 Å². The molecule has 4 aromatic rings. The van der Waals surface area contributed by atoms with Gasteiger partial charge in [0.15, 0.2) is 0 Å². The van der Waals surface area contributed by atoms with Crippen LogP contribution in [0.2, 0.25) is 0 Å². The van der Waals surface area contributed by atoms with Crippen LogP contribution >= 0.6 is 0 Å². The fourth-order valence-electron chi connectivity index (χ4n) is 8.17. The van der Waals surface area contributed by atoms with Gasteiger partial charge in [-0.2, -0.15) is 0 Å². The van der Waals surface area contributed by atoms with E-state index in [1.165, 1.54) is 77.2 Å². The molecule has 0 fully saturated rings. The monoisotopic (exact) mass is 724 g/mol. The zero-order chi connectivity index (χ0) is 39.0. The number of hydrogen-bond donors (Lipinski definition) is 0. The number of hydrogen-bond acceptors (Lipinski definition) is 0. The average molecular weight is 725 g/mol. The van der Waals surface area contributed by atoms with Crippen LogP contribution in [0.1, 0.15) is 79.0 Å². The van der Waals surface area contributed by atoms with Crippen LogP contribution in [0.15, 0.2) is 198 Å². The zero-order valence-electron chi connectivity index (χ0n) is 33.4. The second-order valence-corrected chi connectivity index (χ2v) is 14.5. The highest BCUT2D eigenvalue weighted by molar-refractivity contribution is 6.00. The lowest BCUT2D eigenvalue weighted by atomic mass is 9.84. The molecule has 4 aromatic carbocycles. The maximum absolute atomic E-state index is 4.31. The van der Waals surface area contributed by atoms with E-state index in [2.05, 4.69) is 185 Å². The number of rotatable bonds is 8. The van der Waals surface area contributed by atoms with Gasteiger partial charge in [0.2, 0.25) is 0 Å². The van der Waals surface area contributed by atoms with Crippen molar-refractivity contribution in [1.82, 2.24) is 0 Å². The minimum absolute atomic E-state index is 0.821. The minimum Gasteiger partial charge on any atom is -0.0985 e. The summed E-state index contributed by atoms with van der Waals surface area (Å²) in [5.41, 5.74) is 20.0. The van der Waals surface area contributed by atoms with Gasteiger partial charge in [-0.25, -0.2) is 0 Å². The Morgan fingerprint density at radius 2 is 1.45 bits per heavy atom. The Morgan fingerprint density at radius 3 is 2.23 bits per heavy atom. The third-order valence-electron chi connectivity index (χ3n) is 11.1. The maximum Gasteiger partial charge on any atom is -0.00128 e. The van der Waals surface area contributed by atoms with E-state index in [-0.39, 0.29) is 0 Å². The molecule has 4 aliphatic rings. The largest absolute Gasteiger partial charge is 0.0985 e. The maximum atomic E-state index is 4.31. The highest BCUT2D eigenvalue weighted by Crippen LogP contribution is 2.46. The van der Waals surface area contributed by atoms with E-state index in [0.29, 0.717) is 0 Å². The Labute approximate surface area is 334 Å². The van der Waals surface area contributed by atoms with E-state index in [1.807, 2.05) is 26.0 Å². The van der Waals surface area contributed by atoms with Crippen LogP contribution in [0.25, 0.3) is 35.5 Å². The highest BCUT2D eigenvalue weighted by Gasteiger charge is 2.26. The summed E-state index contributed by atoms with van der Waals surface area (Å²) in [5.74, 6) is 0. The first-order valence-electron chi connectivity index (χ1n) is 20.2. The van der Waals surface area contributed by atoms with E-state index in [9.17, 15) is 0 Å². The Morgan fingerprint density at radius 1 is 0.696 bits per heavy atom. The first-order chi connectivity index (χ1) is 27.5. The van der Waals surface area contributed by atoms with Crippen LogP contribution < -0.4 is 10.4 Å². The summed E-state index contributed by atoms with van der Waals surface area (Å²) >= 11 is 0. The second-order valence-electron chi connectivity index (χ2n) is 14.5. The molecule has 8 rings (SSSR count). The van der Waals surface area contributed by atoms with Crippen LogP contribution in [0.4, 0.5) is 0 Å². The predicted octanol–water partition coefficient (Wildman–Crippen LogP) is 13.4. The van der Waals surface area contributed by atoms with Crippen molar-refractivity contribution in [2.24, 2.45) is 0 Å². The molecule has 0 heteroatoms. The molecular formula is C56H52. The van der Waals surface area contributed by atoms with Crippen LogP contribution in [-0.4, -0.2) is 0 Å². The second kappa shape index (κ2) is 17.5. The summed E-state index contributed by atoms with van der Waals surface area (Å²) in [7, 11) is 0. The molecule has 0 aromatic heterocycles.